The van der Waals surface area contributed by atoms with Crippen molar-refractivity contribution in [2.45, 2.75) is 45.3 Å². The van der Waals surface area contributed by atoms with Gasteiger partial charge in [0.25, 0.3) is 0 Å². The van der Waals surface area contributed by atoms with Gasteiger partial charge in [-0.25, -0.2) is 31.5 Å². The van der Waals surface area contributed by atoms with Gasteiger partial charge in [0, 0.05) is 35.3 Å². The Kier molecular flexibility index (Phi) is 5.70. The van der Waals surface area contributed by atoms with Gasteiger partial charge >= 0.3 is 11.9 Å². The summed E-state index contributed by atoms with van der Waals surface area (Å²) in [6.07, 6.45) is 3.54. The summed E-state index contributed by atoms with van der Waals surface area (Å²) in [7, 11) is 0. The van der Waals surface area contributed by atoms with Crippen molar-refractivity contribution in [1.82, 2.24) is 0 Å². The molecule has 1 aromatic carbocycles. The van der Waals surface area contributed by atoms with Gasteiger partial charge in [-0.1, -0.05) is 25.2 Å². The lowest BCUT2D eigenvalue weighted by atomic mass is 9.55. The van der Waals surface area contributed by atoms with Crippen molar-refractivity contribution in [3.63, 3.8) is 0 Å². The highest BCUT2D eigenvalue weighted by atomic mass is 19.2. The second-order valence-corrected chi connectivity index (χ2v) is 8.95. The summed E-state index contributed by atoms with van der Waals surface area (Å²) in [4.78, 5) is 24.5. The maximum Gasteiger partial charge on any atom is 0.334 e. The smallest absolute Gasteiger partial charge is 0.334 e. The molecule has 2 fully saturated rings. The first kappa shape index (κ1) is 23.2. The average Bonchev–Trinajstić information content (AvgIpc) is 3.06. The second kappa shape index (κ2) is 8.11. The standard InChI is InChI=1S/C24H21F5O4/c1-10-4-6-14(24(3)9-8-12-11(2)23(31)33-22(12)16(10)24)32-15(30)7-5-13-17(25)19(27)21(29)20(28)18(13)26/h4-5,7,12,14,16,22H,2,6,8-9H2,1,3H3/b7-5+/t12-,14+,16+,22-,24-/m0/s1. The molecule has 0 amide bonds. The molecule has 4 rings (SSSR count). The van der Waals surface area contributed by atoms with E-state index in [9.17, 15) is 31.5 Å². The third kappa shape index (κ3) is 3.57. The summed E-state index contributed by atoms with van der Waals surface area (Å²) in [5.41, 5.74) is -0.388. The predicted molar refractivity (Wildman–Crippen MR) is 107 cm³/mol. The number of carbonyl (C=O) groups excluding carboxylic acids is 2. The van der Waals surface area contributed by atoms with Gasteiger partial charge in [0.1, 0.15) is 12.2 Å². The molecule has 0 aromatic heterocycles. The van der Waals surface area contributed by atoms with Crippen LogP contribution in [0.15, 0.2) is 29.9 Å². The van der Waals surface area contributed by atoms with Crippen LogP contribution in [0.1, 0.15) is 38.7 Å². The topological polar surface area (TPSA) is 52.6 Å². The summed E-state index contributed by atoms with van der Waals surface area (Å²) < 4.78 is 78.8. The van der Waals surface area contributed by atoms with Crippen LogP contribution >= 0.6 is 0 Å². The molecule has 176 valence electrons. The molecule has 33 heavy (non-hydrogen) atoms. The van der Waals surface area contributed by atoms with E-state index in [1.807, 2.05) is 19.9 Å². The van der Waals surface area contributed by atoms with E-state index in [-0.39, 0.29) is 11.8 Å². The third-order valence-electron chi connectivity index (χ3n) is 7.15. The molecule has 0 unspecified atom stereocenters. The molecule has 1 saturated heterocycles. The molecule has 0 bridgehead atoms. The van der Waals surface area contributed by atoms with E-state index in [1.54, 1.807) is 0 Å². The monoisotopic (exact) mass is 468 g/mol. The van der Waals surface area contributed by atoms with Crippen molar-refractivity contribution in [2.24, 2.45) is 17.3 Å². The van der Waals surface area contributed by atoms with Gasteiger partial charge < -0.3 is 9.47 Å². The molecule has 2 aliphatic carbocycles. The van der Waals surface area contributed by atoms with Crippen LogP contribution in [0.25, 0.3) is 6.08 Å². The van der Waals surface area contributed by atoms with Crippen molar-refractivity contribution >= 4 is 18.0 Å². The number of fused-ring (bicyclic) bond motifs is 3. The highest BCUT2D eigenvalue weighted by molar-refractivity contribution is 5.91. The van der Waals surface area contributed by atoms with Gasteiger partial charge in [-0.3, -0.25) is 0 Å². The summed E-state index contributed by atoms with van der Waals surface area (Å²) in [5.74, 6) is -12.3. The molecule has 4 nitrogen and oxygen atoms in total. The van der Waals surface area contributed by atoms with Crippen LogP contribution in [-0.2, 0) is 19.1 Å². The first-order chi connectivity index (χ1) is 15.5. The summed E-state index contributed by atoms with van der Waals surface area (Å²) in [5, 5.41) is 0. The summed E-state index contributed by atoms with van der Waals surface area (Å²) in [6, 6.07) is 0. The molecule has 3 aliphatic rings. The normalized spacial score (nSPS) is 31.2. The van der Waals surface area contributed by atoms with E-state index in [0.717, 1.165) is 5.57 Å². The molecule has 1 aromatic rings. The fourth-order valence-corrected chi connectivity index (χ4v) is 5.38. The fourth-order valence-electron chi connectivity index (χ4n) is 5.38. The Labute approximate surface area is 186 Å². The first-order valence-corrected chi connectivity index (χ1v) is 10.4. The third-order valence-corrected chi connectivity index (χ3v) is 7.15. The van der Waals surface area contributed by atoms with E-state index in [1.165, 1.54) is 0 Å². The number of hydrogen-bond donors (Lipinski definition) is 0. The quantitative estimate of drug-likeness (QED) is 0.153. The molecular weight excluding hydrogens is 447 g/mol. The second-order valence-electron chi connectivity index (χ2n) is 8.95. The van der Waals surface area contributed by atoms with Gasteiger partial charge in [-0.15, -0.1) is 0 Å². The van der Waals surface area contributed by atoms with Crippen molar-refractivity contribution in [3.8, 4) is 0 Å². The SMILES string of the molecule is C=C1C(=O)O[C@@H]2[C@H]3C(C)=CC[C@@H](OC(=O)/C=C/c4c(F)c(F)c(F)c(F)c4F)[C@]3(C)CC[C@@H]12. The molecule has 9 heteroatoms. The zero-order valence-electron chi connectivity index (χ0n) is 17.9. The van der Waals surface area contributed by atoms with Crippen LogP contribution < -0.4 is 0 Å². The molecule has 1 saturated carbocycles. The van der Waals surface area contributed by atoms with Crippen LogP contribution in [-0.4, -0.2) is 24.1 Å². The number of ether oxygens (including phenoxy) is 2. The van der Waals surface area contributed by atoms with E-state index < -0.39 is 64.2 Å². The Balaban J connectivity index is 1.56. The van der Waals surface area contributed by atoms with Gasteiger partial charge in [-0.05, 0) is 25.8 Å². The molecule has 1 aliphatic heterocycles. The minimum Gasteiger partial charge on any atom is -0.458 e. The molecular formula is C24H21F5O4. The van der Waals surface area contributed by atoms with Crippen molar-refractivity contribution in [2.75, 3.05) is 0 Å². The molecule has 0 spiro atoms. The van der Waals surface area contributed by atoms with Crippen molar-refractivity contribution in [3.05, 3.63) is 64.5 Å². The average molecular weight is 468 g/mol. The van der Waals surface area contributed by atoms with Gasteiger partial charge in [-0.2, -0.15) is 0 Å². The lowest BCUT2D eigenvalue weighted by Gasteiger charge is -2.52. The Morgan fingerprint density at radius 1 is 1.15 bits per heavy atom. The Bertz CT molecular complexity index is 1100. The van der Waals surface area contributed by atoms with E-state index in [0.29, 0.717) is 37.0 Å². The fraction of sp³-hybridized carbons (Fsp3) is 0.417. The zero-order chi connectivity index (χ0) is 24.2. The van der Waals surface area contributed by atoms with Gasteiger partial charge in [0.2, 0.25) is 5.82 Å². The van der Waals surface area contributed by atoms with Crippen molar-refractivity contribution in [1.29, 1.82) is 0 Å². The molecule has 0 radical (unpaired) electrons. The minimum absolute atomic E-state index is 0.123. The maximum atomic E-state index is 13.8. The number of benzene rings is 1. The van der Waals surface area contributed by atoms with E-state index >= 15 is 0 Å². The summed E-state index contributed by atoms with van der Waals surface area (Å²) in [6.45, 7) is 7.67. The number of carbonyl (C=O) groups is 2. The van der Waals surface area contributed by atoms with Crippen LogP contribution in [0, 0.1) is 46.3 Å². The Morgan fingerprint density at radius 2 is 1.76 bits per heavy atom. The molecule has 1 heterocycles. The largest absolute Gasteiger partial charge is 0.458 e. The van der Waals surface area contributed by atoms with Gasteiger partial charge in [0.05, 0.1) is 5.56 Å². The summed E-state index contributed by atoms with van der Waals surface area (Å²) >= 11 is 0. The van der Waals surface area contributed by atoms with Crippen LogP contribution in [0.4, 0.5) is 22.0 Å². The molecule has 0 N–H and O–H groups in total. The lowest BCUT2D eigenvalue weighted by Crippen LogP contribution is -2.53. The maximum absolute atomic E-state index is 13.8. The highest BCUT2D eigenvalue weighted by Crippen LogP contribution is 2.56. The zero-order valence-corrected chi connectivity index (χ0v) is 17.9. The minimum atomic E-state index is -2.28. The lowest BCUT2D eigenvalue weighted by molar-refractivity contribution is -0.165. The highest BCUT2D eigenvalue weighted by Gasteiger charge is 2.58. The Morgan fingerprint density at radius 3 is 2.39 bits per heavy atom. The van der Waals surface area contributed by atoms with E-state index in [4.69, 9.17) is 9.47 Å². The van der Waals surface area contributed by atoms with Crippen molar-refractivity contribution < 1.29 is 41.0 Å². The van der Waals surface area contributed by atoms with E-state index in [2.05, 4.69) is 6.58 Å². The first-order valence-electron chi connectivity index (χ1n) is 10.4. The van der Waals surface area contributed by atoms with Gasteiger partial charge in [0.15, 0.2) is 23.3 Å². The van der Waals surface area contributed by atoms with Crippen LogP contribution in [0.3, 0.4) is 0 Å². The van der Waals surface area contributed by atoms with Crippen LogP contribution in [0.2, 0.25) is 0 Å². The Hall–Kier alpha value is -2.97. The molecule has 5 atom stereocenters. The predicted octanol–water partition coefficient (Wildman–Crippen LogP) is 5.17. The number of hydrogen-bond acceptors (Lipinski definition) is 4. The number of halogens is 5. The number of esters is 2. The number of rotatable bonds is 3. The van der Waals surface area contributed by atoms with Crippen LogP contribution in [0.5, 0.6) is 0 Å².